The summed E-state index contributed by atoms with van der Waals surface area (Å²) in [5.41, 5.74) is 2.11. The Morgan fingerprint density at radius 1 is 1.07 bits per heavy atom. The van der Waals surface area contributed by atoms with Gasteiger partial charge in [0.15, 0.2) is 5.82 Å². The van der Waals surface area contributed by atoms with Gasteiger partial charge in [0.2, 0.25) is 0 Å². The molecule has 0 saturated carbocycles. The minimum absolute atomic E-state index is 0.0551. The normalized spacial score (nSPS) is 20.1. The summed E-state index contributed by atoms with van der Waals surface area (Å²) in [5, 5.41) is 22.3. The van der Waals surface area contributed by atoms with Gasteiger partial charge in [0.05, 0.1) is 25.4 Å². The maximum atomic E-state index is 9.86. The molecule has 1 fully saturated rings. The Balaban J connectivity index is 1.64. The van der Waals surface area contributed by atoms with E-state index in [9.17, 15) is 5.11 Å². The minimum atomic E-state index is 0.0551. The van der Waals surface area contributed by atoms with Crippen LogP contribution in [0, 0.1) is 0 Å². The van der Waals surface area contributed by atoms with Crippen LogP contribution in [-0.2, 0) is 6.54 Å². The fourth-order valence-electron chi connectivity index (χ4n) is 3.75. The van der Waals surface area contributed by atoms with Gasteiger partial charge in [0.25, 0.3) is 0 Å². The van der Waals surface area contributed by atoms with Gasteiger partial charge >= 0.3 is 0 Å². The Morgan fingerprint density at radius 2 is 1.85 bits per heavy atom. The largest absolute Gasteiger partial charge is 0.497 e. The summed E-state index contributed by atoms with van der Waals surface area (Å²) in [7, 11) is 1.65. The molecule has 1 aliphatic rings. The van der Waals surface area contributed by atoms with E-state index in [1.165, 1.54) is 5.56 Å². The highest BCUT2D eigenvalue weighted by Crippen LogP contribution is 2.36. The van der Waals surface area contributed by atoms with E-state index in [1.807, 2.05) is 42.5 Å². The second kappa shape index (κ2) is 7.85. The molecule has 4 rings (SSSR count). The van der Waals surface area contributed by atoms with E-state index in [1.54, 1.807) is 11.8 Å². The predicted molar refractivity (Wildman–Crippen MR) is 101 cm³/mol. The molecule has 0 bridgehead atoms. The number of benzene rings is 2. The average molecular weight is 365 g/mol. The van der Waals surface area contributed by atoms with Gasteiger partial charge in [-0.3, -0.25) is 4.90 Å². The lowest BCUT2D eigenvalue weighted by molar-refractivity contribution is 0.118. The van der Waals surface area contributed by atoms with Gasteiger partial charge in [-0.05, 0) is 53.1 Å². The molecule has 3 aromatic rings. The Morgan fingerprint density at radius 3 is 2.56 bits per heavy atom. The minimum Gasteiger partial charge on any atom is -0.497 e. The van der Waals surface area contributed by atoms with E-state index >= 15 is 0 Å². The van der Waals surface area contributed by atoms with Crippen LogP contribution >= 0.6 is 0 Å². The standard InChI is InChI=1S/C20H23N5O2/c1-27-18-10-7-16(8-11-18)25-20(21-22-23-25)19-12-9-17(14-26)24(19)13-15-5-3-2-4-6-15/h2-8,10-11,17,19,26H,9,12-14H2,1H3/t17-,19-/m0/s1. The molecule has 2 aromatic carbocycles. The number of aromatic nitrogens is 4. The molecule has 0 amide bonds. The molecule has 1 N–H and O–H groups in total. The van der Waals surface area contributed by atoms with E-state index in [0.29, 0.717) is 0 Å². The molecule has 1 aromatic heterocycles. The van der Waals surface area contributed by atoms with Crippen LogP contribution in [0.1, 0.15) is 30.3 Å². The van der Waals surface area contributed by atoms with Crippen molar-refractivity contribution in [2.75, 3.05) is 13.7 Å². The van der Waals surface area contributed by atoms with Crippen LogP contribution in [0.5, 0.6) is 5.75 Å². The first kappa shape index (κ1) is 17.6. The number of hydrogen-bond acceptors (Lipinski definition) is 6. The van der Waals surface area contributed by atoms with Crippen LogP contribution < -0.4 is 4.74 Å². The van der Waals surface area contributed by atoms with E-state index in [0.717, 1.165) is 36.6 Å². The highest BCUT2D eigenvalue weighted by atomic mass is 16.5. The first-order chi connectivity index (χ1) is 13.3. The number of likely N-dealkylation sites (tertiary alicyclic amines) is 1. The van der Waals surface area contributed by atoms with E-state index in [-0.39, 0.29) is 18.7 Å². The van der Waals surface area contributed by atoms with Crippen molar-refractivity contribution in [1.82, 2.24) is 25.1 Å². The molecule has 0 radical (unpaired) electrons. The lowest BCUT2D eigenvalue weighted by Crippen LogP contribution is -2.34. The third-order valence-electron chi connectivity index (χ3n) is 5.17. The van der Waals surface area contributed by atoms with Crippen LogP contribution in [0.4, 0.5) is 0 Å². The van der Waals surface area contributed by atoms with Crippen molar-refractivity contribution in [1.29, 1.82) is 0 Å². The van der Waals surface area contributed by atoms with Crippen molar-refractivity contribution < 1.29 is 9.84 Å². The fraction of sp³-hybridized carbons (Fsp3) is 0.350. The Bertz CT molecular complexity index is 866. The van der Waals surface area contributed by atoms with E-state index in [4.69, 9.17) is 4.74 Å². The molecular weight excluding hydrogens is 342 g/mol. The second-order valence-corrected chi connectivity index (χ2v) is 6.73. The molecule has 1 saturated heterocycles. The van der Waals surface area contributed by atoms with Crippen molar-refractivity contribution in [3.8, 4) is 11.4 Å². The number of hydrogen-bond donors (Lipinski definition) is 1. The molecule has 27 heavy (non-hydrogen) atoms. The highest BCUT2D eigenvalue weighted by molar-refractivity contribution is 5.37. The summed E-state index contributed by atoms with van der Waals surface area (Å²) in [5.74, 6) is 1.59. The van der Waals surface area contributed by atoms with Gasteiger partial charge in [-0.1, -0.05) is 30.3 Å². The highest BCUT2D eigenvalue weighted by Gasteiger charge is 2.37. The van der Waals surface area contributed by atoms with Crippen LogP contribution in [0.2, 0.25) is 0 Å². The Labute approximate surface area is 158 Å². The number of aliphatic hydroxyl groups excluding tert-OH is 1. The third kappa shape index (κ3) is 3.56. The summed E-state index contributed by atoms with van der Waals surface area (Å²) in [6.45, 7) is 0.889. The van der Waals surface area contributed by atoms with Crippen LogP contribution in [0.15, 0.2) is 54.6 Å². The first-order valence-corrected chi connectivity index (χ1v) is 9.13. The molecule has 7 heteroatoms. The fourth-order valence-corrected chi connectivity index (χ4v) is 3.75. The van der Waals surface area contributed by atoms with Crippen LogP contribution in [0.25, 0.3) is 5.69 Å². The zero-order valence-corrected chi connectivity index (χ0v) is 15.3. The Hall–Kier alpha value is -2.77. The number of ether oxygens (including phenoxy) is 1. The predicted octanol–water partition coefficient (Wildman–Crippen LogP) is 2.37. The summed E-state index contributed by atoms with van der Waals surface area (Å²) >= 11 is 0. The zero-order valence-electron chi connectivity index (χ0n) is 15.3. The van der Waals surface area contributed by atoms with E-state index in [2.05, 4.69) is 32.6 Å². The average Bonchev–Trinajstić information content (AvgIpc) is 3.35. The van der Waals surface area contributed by atoms with Gasteiger partial charge in [0, 0.05) is 12.6 Å². The number of aliphatic hydroxyl groups is 1. The molecule has 0 unspecified atom stereocenters. The van der Waals surface area contributed by atoms with Crippen molar-refractivity contribution in [3.63, 3.8) is 0 Å². The van der Waals surface area contributed by atoms with Crippen molar-refractivity contribution in [2.45, 2.75) is 31.5 Å². The number of tetrazole rings is 1. The molecule has 2 heterocycles. The molecule has 0 spiro atoms. The maximum absolute atomic E-state index is 9.86. The summed E-state index contributed by atoms with van der Waals surface area (Å²) in [6.07, 6.45) is 1.83. The van der Waals surface area contributed by atoms with Gasteiger partial charge in [0.1, 0.15) is 5.75 Å². The summed E-state index contributed by atoms with van der Waals surface area (Å²) < 4.78 is 7.01. The van der Waals surface area contributed by atoms with Gasteiger partial charge < -0.3 is 9.84 Å². The molecule has 7 nitrogen and oxygen atoms in total. The second-order valence-electron chi connectivity index (χ2n) is 6.73. The first-order valence-electron chi connectivity index (χ1n) is 9.13. The van der Waals surface area contributed by atoms with E-state index < -0.39 is 0 Å². The van der Waals surface area contributed by atoms with Crippen LogP contribution in [-0.4, -0.2) is 50.0 Å². The number of nitrogens with zero attached hydrogens (tertiary/aromatic N) is 5. The topological polar surface area (TPSA) is 76.3 Å². The molecule has 0 aliphatic carbocycles. The monoisotopic (exact) mass is 365 g/mol. The van der Waals surface area contributed by atoms with Crippen molar-refractivity contribution in [3.05, 3.63) is 66.0 Å². The van der Waals surface area contributed by atoms with Gasteiger partial charge in [-0.15, -0.1) is 5.10 Å². The van der Waals surface area contributed by atoms with Crippen molar-refractivity contribution >= 4 is 0 Å². The van der Waals surface area contributed by atoms with Gasteiger partial charge in [-0.2, -0.15) is 4.68 Å². The smallest absolute Gasteiger partial charge is 0.173 e. The zero-order chi connectivity index (χ0) is 18.6. The molecular formula is C20H23N5O2. The number of rotatable bonds is 6. The summed E-state index contributed by atoms with van der Waals surface area (Å²) in [6, 6.07) is 18.1. The molecule has 1 aliphatic heterocycles. The SMILES string of the molecule is COc1ccc(-n2nnnc2[C@@H]2CC[C@@H](CO)N2Cc2ccccc2)cc1. The lowest BCUT2D eigenvalue weighted by atomic mass is 10.1. The quantitative estimate of drug-likeness (QED) is 0.723. The van der Waals surface area contributed by atoms with Gasteiger partial charge in [-0.25, -0.2) is 0 Å². The maximum Gasteiger partial charge on any atom is 0.173 e. The van der Waals surface area contributed by atoms with Crippen molar-refractivity contribution in [2.24, 2.45) is 0 Å². The van der Waals surface area contributed by atoms with Crippen LogP contribution in [0.3, 0.4) is 0 Å². The lowest BCUT2D eigenvalue weighted by Gasteiger charge is -2.28. The summed E-state index contributed by atoms with van der Waals surface area (Å²) in [4.78, 5) is 2.31. The third-order valence-corrected chi connectivity index (χ3v) is 5.17. The Kier molecular flexibility index (Phi) is 5.13. The number of methoxy groups -OCH3 is 1. The molecule has 140 valence electrons. The molecule has 2 atom stereocenters.